The summed E-state index contributed by atoms with van der Waals surface area (Å²) < 4.78 is 0. The van der Waals surface area contributed by atoms with Crippen molar-refractivity contribution in [1.82, 2.24) is 5.32 Å². The predicted octanol–water partition coefficient (Wildman–Crippen LogP) is 1.78. The van der Waals surface area contributed by atoms with Crippen molar-refractivity contribution in [3.63, 3.8) is 0 Å². The van der Waals surface area contributed by atoms with Gasteiger partial charge in [0.2, 0.25) is 0 Å². The molecule has 0 aromatic heterocycles. The molecule has 0 radical (unpaired) electrons. The molecule has 0 amide bonds. The Balaban J connectivity index is 2.06. The van der Waals surface area contributed by atoms with E-state index >= 15 is 0 Å². The first-order valence-corrected chi connectivity index (χ1v) is 5.57. The second kappa shape index (κ2) is 5.61. The number of hydrogen-bond acceptors (Lipinski definition) is 2. The molecular weight excluding hydrogens is 162 g/mol. The average Bonchev–Trinajstić information content (AvgIpc) is 2.03. The van der Waals surface area contributed by atoms with Gasteiger partial charge in [-0.2, -0.15) is 0 Å². The summed E-state index contributed by atoms with van der Waals surface area (Å²) in [5.74, 6) is 1.76. The van der Waals surface area contributed by atoms with Gasteiger partial charge in [-0.3, -0.25) is 0 Å². The third kappa shape index (κ3) is 4.63. The molecular formula is C11H23NO. The van der Waals surface area contributed by atoms with Crippen molar-refractivity contribution in [2.45, 2.75) is 45.6 Å². The second-order valence-electron chi connectivity index (χ2n) is 4.65. The van der Waals surface area contributed by atoms with Crippen molar-refractivity contribution in [1.29, 1.82) is 0 Å². The molecule has 2 N–H and O–H groups in total. The summed E-state index contributed by atoms with van der Waals surface area (Å²) in [6, 6.07) is 0. The lowest BCUT2D eigenvalue weighted by molar-refractivity contribution is 0.184. The Morgan fingerprint density at radius 1 is 1.46 bits per heavy atom. The van der Waals surface area contributed by atoms with Gasteiger partial charge in [-0.15, -0.1) is 0 Å². The number of rotatable bonds is 4. The lowest BCUT2D eigenvalue weighted by atomic mass is 9.82. The molecule has 0 heterocycles. The zero-order valence-corrected chi connectivity index (χ0v) is 8.92. The molecule has 0 aromatic carbocycles. The molecule has 13 heavy (non-hydrogen) atoms. The van der Waals surface area contributed by atoms with Gasteiger partial charge in [0.1, 0.15) is 0 Å². The van der Waals surface area contributed by atoms with Gasteiger partial charge in [0, 0.05) is 6.54 Å². The molecule has 0 saturated heterocycles. The average molecular weight is 185 g/mol. The first-order valence-electron chi connectivity index (χ1n) is 5.57. The maximum atomic E-state index is 9.07. The molecule has 2 heteroatoms. The number of hydrogen-bond donors (Lipinski definition) is 2. The number of aliphatic hydroxyl groups excluding tert-OH is 1. The standard InChI is InChI=1S/C11H23NO/c1-9-4-3-5-11(6-9)8-12-7-10(2)13/h9-13H,3-8H2,1-2H3/t9?,10-,11?/m0/s1. The van der Waals surface area contributed by atoms with Gasteiger partial charge in [0.15, 0.2) is 0 Å². The van der Waals surface area contributed by atoms with Crippen LogP contribution in [-0.2, 0) is 0 Å². The van der Waals surface area contributed by atoms with E-state index in [0.717, 1.165) is 24.9 Å². The van der Waals surface area contributed by atoms with Gasteiger partial charge in [-0.25, -0.2) is 0 Å². The van der Waals surface area contributed by atoms with Crippen LogP contribution in [0.2, 0.25) is 0 Å². The Hall–Kier alpha value is -0.0800. The molecule has 2 nitrogen and oxygen atoms in total. The highest BCUT2D eigenvalue weighted by molar-refractivity contribution is 4.72. The minimum atomic E-state index is -0.207. The summed E-state index contributed by atoms with van der Waals surface area (Å²) in [7, 11) is 0. The molecule has 0 aromatic rings. The van der Waals surface area contributed by atoms with Gasteiger partial charge < -0.3 is 10.4 Å². The van der Waals surface area contributed by atoms with Crippen molar-refractivity contribution < 1.29 is 5.11 Å². The molecule has 78 valence electrons. The van der Waals surface area contributed by atoms with Gasteiger partial charge in [0.05, 0.1) is 6.10 Å². The van der Waals surface area contributed by atoms with E-state index in [1.165, 1.54) is 25.7 Å². The number of nitrogens with one attached hydrogen (secondary N) is 1. The smallest absolute Gasteiger partial charge is 0.0636 e. The van der Waals surface area contributed by atoms with Crippen molar-refractivity contribution in [2.75, 3.05) is 13.1 Å². The fraction of sp³-hybridized carbons (Fsp3) is 1.00. The maximum Gasteiger partial charge on any atom is 0.0636 e. The molecule has 0 spiro atoms. The Morgan fingerprint density at radius 2 is 2.23 bits per heavy atom. The highest BCUT2D eigenvalue weighted by atomic mass is 16.3. The molecule has 1 aliphatic rings. The van der Waals surface area contributed by atoms with Crippen LogP contribution in [0.1, 0.15) is 39.5 Å². The molecule has 1 saturated carbocycles. The molecule has 2 unspecified atom stereocenters. The van der Waals surface area contributed by atoms with Gasteiger partial charge in [0.25, 0.3) is 0 Å². The zero-order valence-electron chi connectivity index (χ0n) is 8.92. The van der Waals surface area contributed by atoms with E-state index in [2.05, 4.69) is 12.2 Å². The normalized spacial score (nSPS) is 31.6. The van der Waals surface area contributed by atoms with E-state index in [9.17, 15) is 0 Å². The Kier molecular flexibility index (Phi) is 4.74. The fourth-order valence-corrected chi connectivity index (χ4v) is 2.24. The quantitative estimate of drug-likeness (QED) is 0.700. The summed E-state index contributed by atoms with van der Waals surface area (Å²) in [6.07, 6.45) is 5.33. The van der Waals surface area contributed by atoms with Crippen LogP contribution < -0.4 is 5.32 Å². The minimum absolute atomic E-state index is 0.207. The highest BCUT2D eigenvalue weighted by Crippen LogP contribution is 2.27. The van der Waals surface area contributed by atoms with Crippen molar-refractivity contribution in [3.05, 3.63) is 0 Å². The topological polar surface area (TPSA) is 32.3 Å². The summed E-state index contributed by atoms with van der Waals surface area (Å²) >= 11 is 0. The predicted molar refractivity (Wildman–Crippen MR) is 55.7 cm³/mol. The zero-order chi connectivity index (χ0) is 9.68. The molecule has 1 aliphatic carbocycles. The van der Waals surface area contributed by atoms with Gasteiger partial charge in [-0.1, -0.05) is 19.8 Å². The SMILES string of the molecule is CC1CCCC(CNC[C@H](C)O)C1. The summed E-state index contributed by atoms with van der Waals surface area (Å²) in [6.45, 7) is 6.01. The Bertz CT molecular complexity index is 136. The van der Waals surface area contributed by atoms with E-state index in [0.29, 0.717) is 0 Å². The third-order valence-corrected chi connectivity index (χ3v) is 2.92. The van der Waals surface area contributed by atoms with E-state index in [4.69, 9.17) is 5.11 Å². The van der Waals surface area contributed by atoms with Crippen molar-refractivity contribution >= 4 is 0 Å². The summed E-state index contributed by atoms with van der Waals surface area (Å²) in [5, 5.41) is 12.4. The van der Waals surface area contributed by atoms with Crippen LogP contribution in [0.3, 0.4) is 0 Å². The van der Waals surface area contributed by atoms with Crippen LogP contribution in [0, 0.1) is 11.8 Å². The van der Waals surface area contributed by atoms with Crippen LogP contribution in [0.25, 0.3) is 0 Å². The molecule has 0 aliphatic heterocycles. The summed E-state index contributed by atoms with van der Waals surface area (Å²) in [4.78, 5) is 0. The van der Waals surface area contributed by atoms with Crippen LogP contribution in [0.5, 0.6) is 0 Å². The van der Waals surface area contributed by atoms with Gasteiger partial charge >= 0.3 is 0 Å². The monoisotopic (exact) mass is 185 g/mol. The summed E-state index contributed by atoms with van der Waals surface area (Å²) in [5.41, 5.74) is 0. The van der Waals surface area contributed by atoms with Crippen molar-refractivity contribution in [3.8, 4) is 0 Å². The third-order valence-electron chi connectivity index (χ3n) is 2.92. The molecule has 1 rings (SSSR count). The van der Waals surface area contributed by atoms with E-state index in [-0.39, 0.29) is 6.10 Å². The lowest BCUT2D eigenvalue weighted by Gasteiger charge is -2.27. The highest BCUT2D eigenvalue weighted by Gasteiger charge is 2.18. The maximum absolute atomic E-state index is 9.07. The fourth-order valence-electron chi connectivity index (χ4n) is 2.24. The minimum Gasteiger partial charge on any atom is -0.392 e. The Morgan fingerprint density at radius 3 is 2.85 bits per heavy atom. The van der Waals surface area contributed by atoms with Crippen LogP contribution in [0.4, 0.5) is 0 Å². The van der Waals surface area contributed by atoms with E-state index in [1.54, 1.807) is 0 Å². The van der Waals surface area contributed by atoms with Crippen LogP contribution in [-0.4, -0.2) is 24.3 Å². The van der Waals surface area contributed by atoms with Crippen LogP contribution in [0.15, 0.2) is 0 Å². The largest absolute Gasteiger partial charge is 0.392 e. The van der Waals surface area contributed by atoms with Gasteiger partial charge in [-0.05, 0) is 38.1 Å². The van der Waals surface area contributed by atoms with E-state index < -0.39 is 0 Å². The lowest BCUT2D eigenvalue weighted by Crippen LogP contribution is -2.31. The van der Waals surface area contributed by atoms with Crippen molar-refractivity contribution in [2.24, 2.45) is 11.8 Å². The first-order chi connectivity index (χ1) is 6.18. The first kappa shape index (κ1) is 11.0. The molecule has 0 bridgehead atoms. The van der Waals surface area contributed by atoms with E-state index in [1.807, 2.05) is 6.92 Å². The second-order valence-corrected chi connectivity index (χ2v) is 4.65. The molecule has 1 fully saturated rings. The number of aliphatic hydroxyl groups is 1. The Labute approximate surface area is 81.7 Å². The molecule has 3 atom stereocenters. The van der Waals surface area contributed by atoms with Crippen LogP contribution >= 0.6 is 0 Å².